The van der Waals surface area contributed by atoms with Gasteiger partial charge in [0.2, 0.25) is 17.7 Å². The highest BCUT2D eigenvalue weighted by molar-refractivity contribution is 5.93. The van der Waals surface area contributed by atoms with E-state index in [4.69, 9.17) is 16.6 Å². The van der Waals surface area contributed by atoms with Crippen LogP contribution in [0, 0.1) is 0 Å². The maximum atomic E-state index is 12.7. The summed E-state index contributed by atoms with van der Waals surface area (Å²) >= 11 is 0. The van der Waals surface area contributed by atoms with Crippen LogP contribution in [0.2, 0.25) is 0 Å². The smallest absolute Gasteiger partial charge is 0.326 e. The van der Waals surface area contributed by atoms with Gasteiger partial charge >= 0.3 is 5.97 Å². The predicted octanol–water partition coefficient (Wildman–Crippen LogP) is -1.01. The number of hydrogen-bond donors (Lipinski definition) is 4. The number of nitrogens with two attached hydrogens (primary N) is 2. The second kappa shape index (κ2) is 9.13. The van der Waals surface area contributed by atoms with Crippen LogP contribution in [0.1, 0.15) is 24.8 Å². The van der Waals surface area contributed by atoms with Crippen LogP contribution >= 0.6 is 0 Å². The molecule has 6 N–H and O–H groups in total. The molecule has 3 amide bonds. The van der Waals surface area contributed by atoms with Gasteiger partial charge in [-0.2, -0.15) is 0 Å². The van der Waals surface area contributed by atoms with E-state index >= 15 is 0 Å². The number of amides is 3. The van der Waals surface area contributed by atoms with E-state index in [9.17, 15) is 19.2 Å². The van der Waals surface area contributed by atoms with Gasteiger partial charge in [-0.3, -0.25) is 14.4 Å². The van der Waals surface area contributed by atoms with E-state index in [1.54, 1.807) is 0 Å². The molecule has 1 aromatic carbocycles. The number of nitrogens with zero attached hydrogens (tertiary/aromatic N) is 1. The van der Waals surface area contributed by atoms with Gasteiger partial charge in [0.05, 0.1) is 12.5 Å². The zero-order chi connectivity index (χ0) is 20.0. The molecule has 0 spiro atoms. The first kappa shape index (κ1) is 20.4. The highest BCUT2D eigenvalue weighted by Gasteiger charge is 2.37. The molecule has 9 nitrogen and oxygen atoms in total. The Labute approximate surface area is 156 Å². The van der Waals surface area contributed by atoms with Crippen molar-refractivity contribution in [2.24, 2.45) is 11.5 Å². The molecule has 0 aliphatic carbocycles. The van der Waals surface area contributed by atoms with Crippen LogP contribution in [0.15, 0.2) is 30.3 Å². The van der Waals surface area contributed by atoms with E-state index in [2.05, 4.69) is 5.32 Å². The van der Waals surface area contributed by atoms with E-state index in [0.717, 1.165) is 5.56 Å². The van der Waals surface area contributed by atoms with Gasteiger partial charge in [-0.15, -0.1) is 0 Å². The minimum absolute atomic E-state index is 0.337. The molecule has 146 valence electrons. The predicted molar refractivity (Wildman–Crippen MR) is 96.2 cm³/mol. The Kier molecular flexibility index (Phi) is 6.89. The molecule has 3 atom stereocenters. The molecule has 1 aliphatic heterocycles. The van der Waals surface area contributed by atoms with Crippen molar-refractivity contribution in [3.63, 3.8) is 0 Å². The lowest BCUT2D eigenvalue weighted by Gasteiger charge is -2.27. The minimum Gasteiger partial charge on any atom is -0.480 e. The van der Waals surface area contributed by atoms with Gasteiger partial charge in [-0.25, -0.2) is 4.79 Å². The average molecular weight is 376 g/mol. The summed E-state index contributed by atoms with van der Waals surface area (Å²) < 4.78 is 0. The second-order valence-electron chi connectivity index (χ2n) is 6.56. The molecule has 1 aromatic rings. The largest absolute Gasteiger partial charge is 0.480 e. The fourth-order valence-corrected chi connectivity index (χ4v) is 3.14. The molecule has 1 fully saturated rings. The Bertz CT molecular complexity index is 709. The van der Waals surface area contributed by atoms with Crippen molar-refractivity contribution in [2.75, 3.05) is 6.54 Å². The highest BCUT2D eigenvalue weighted by Crippen LogP contribution is 2.19. The van der Waals surface area contributed by atoms with Crippen molar-refractivity contribution in [3.8, 4) is 0 Å². The zero-order valence-corrected chi connectivity index (χ0v) is 14.8. The van der Waals surface area contributed by atoms with Crippen LogP contribution in [-0.2, 0) is 25.6 Å². The first-order valence-electron chi connectivity index (χ1n) is 8.71. The van der Waals surface area contributed by atoms with Crippen molar-refractivity contribution in [2.45, 2.75) is 43.8 Å². The fourth-order valence-electron chi connectivity index (χ4n) is 3.14. The van der Waals surface area contributed by atoms with Crippen molar-refractivity contribution in [3.05, 3.63) is 35.9 Å². The number of carbonyl (C=O) groups excluding carboxylic acids is 3. The normalized spacial score (nSPS) is 18.6. The van der Waals surface area contributed by atoms with Crippen LogP contribution in [0.5, 0.6) is 0 Å². The monoisotopic (exact) mass is 376 g/mol. The van der Waals surface area contributed by atoms with Crippen LogP contribution < -0.4 is 16.8 Å². The van der Waals surface area contributed by atoms with Crippen LogP contribution in [-0.4, -0.2) is 58.4 Å². The highest BCUT2D eigenvalue weighted by atomic mass is 16.4. The Hall–Kier alpha value is -2.94. The molecule has 27 heavy (non-hydrogen) atoms. The number of nitrogens with one attached hydrogen (secondary N) is 1. The molecule has 2 rings (SSSR count). The molecular weight excluding hydrogens is 352 g/mol. The Balaban J connectivity index is 2.02. The summed E-state index contributed by atoms with van der Waals surface area (Å²) in [6, 6.07) is 6.25. The van der Waals surface area contributed by atoms with Crippen LogP contribution in [0.25, 0.3) is 0 Å². The summed E-state index contributed by atoms with van der Waals surface area (Å²) in [7, 11) is 0. The molecule has 1 aliphatic rings. The van der Waals surface area contributed by atoms with Crippen molar-refractivity contribution in [1.82, 2.24) is 10.2 Å². The summed E-state index contributed by atoms with van der Waals surface area (Å²) in [5.74, 6) is -3.19. The number of rotatable bonds is 8. The number of aliphatic carboxylic acids is 1. The summed E-state index contributed by atoms with van der Waals surface area (Å²) in [6.07, 6.45) is 0.827. The van der Waals surface area contributed by atoms with Crippen molar-refractivity contribution >= 4 is 23.7 Å². The number of carbonyl (C=O) groups is 4. The van der Waals surface area contributed by atoms with E-state index in [0.29, 0.717) is 25.8 Å². The first-order valence-corrected chi connectivity index (χ1v) is 8.71. The quantitative estimate of drug-likeness (QED) is 0.455. The molecule has 1 heterocycles. The van der Waals surface area contributed by atoms with Gasteiger partial charge in [0.15, 0.2) is 0 Å². The molecule has 1 saturated heterocycles. The standard InChI is InChI=1S/C18H24N4O5/c19-12(9-11-5-2-1-3-6-11)17(25)22-8-4-7-14(22)16(24)21-13(18(26)27)10-15(20)23/h1-3,5-6,12-14H,4,7-10,19H2,(H2,20,23)(H,21,24)(H,26,27). The molecule has 0 radical (unpaired) electrons. The third-order valence-electron chi connectivity index (χ3n) is 4.47. The lowest BCUT2D eigenvalue weighted by molar-refractivity contribution is -0.145. The van der Waals surface area contributed by atoms with Gasteiger partial charge in [-0.1, -0.05) is 30.3 Å². The van der Waals surface area contributed by atoms with E-state index in [1.165, 1.54) is 4.90 Å². The molecular formula is C18H24N4O5. The number of carboxylic acids is 1. The van der Waals surface area contributed by atoms with Gasteiger partial charge in [0.25, 0.3) is 0 Å². The SMILES string of the molecule is NC(=O)CC(NC(=O)C1CCCN1C(=O)C(N)Cc1ccccc1)C(=O)O. The lowest BCUT2D eigenvalue weighted by atomic mass is 10.0. The lowest BCUT2D eigenvalue weighted by Crippen LogP contribution is -2.54. The summed E-state index contributed by atoms with van der Waals surface area (Å²) in [4.78, 5) is 48.7. The van der Waals surface area contributed by atoms with Crippen LogP contribution in [0.3, 0.4) is 0 Å². The van der Waals surface area contributed by atoms with Gasteiger partial charge in [-0.05, 0) is 24.8 Å². The summed E-state index contributed by atoms with van der Waals surface area (Å²) in [6.45, 7) is 0.368. The maximum absolute atomic E-state index is 12.7. The van der Waals surface area contributed by atoms with E-state index in [1.807, 2.05) is 30.3 Å². The average Bonchev–Trinajstić information content (AvgIpc) is 3.10. The molecule has 0 aromatic heterocycles. The van der Waals surface area contributed by atoms with Crippen molar-refractivity contribution in [1.29, 1.82) is 0 Å². The molecule has 9 heteroatoms. The molecule has 0 saturated carbocycles. The van der Waals surface area contributed by atoms with E-state index in [-0.39, 0.29) is 5.91 Å². The summed E-state index contributed by atoms with van der Waals surface area (Å²) in [5.41, 5.74) is 12.0. The van der Waals surface area contributed by atoms with Gasteiger partial charge in [0, 0.05) is 6.54 Å². The third kappa shape index (κ3) is 5.52. The number of benzene rings is 1. The Morgan fingerprint density at radius 2 is 1.89 bits per heavy atom. The first-order chi connectivity index (χ1) is 12.8. The maximum Gasteiger partial charge on any atom is 0.326 e. The summed E-state index contributed by atoms with van der Waals surface area (Å²) in [5, 5.41) is 11.4. The second-order valence-corrected chi connectivity index (χ2v) is 6.56. The number of primary amides is 1. The Morgan fingerprint density at radius 1 is 1.22 bits per heavy atom. The number of hydrogen-bond acceptors (Lipinski definition) is 5. The molecule has 0 bridgehead atoms. The van der Waals surface area contributed by atoms with Gasteiger partial charge in [0.1, 0.15) is 12.1 Å². The fraction of sp³-hybridized carbons (Fsp3) is 0.444. The Morgan fingerprint density at radius 3 is 2.48 bits per heavy atom. The number of carboxylic acid groups (broad SMARTS) is 1. The molecule has 3 unspecified atom stereocenters. The van der Waals surface area contributed by atoms with E-state index < -0.39 is 42.3 Å². The minimum atomic E-state index is -1.43. The zero-order valence-electron chi connectivity index (χ0n) is 14.8. The number of likely N-dealkylation sites (tertiary alicyclic amines) is 1. The third-order valence-corrected chi connectivity index (χ3v) is 4.47. The van der Waals surface area contributed by atoms with Crippen molar-refractivity contribution < 1.29 is 24.3 Å². The topological polar surface area (TPSA) is 156 Å². The van der Waals surface area contributed by atoms with Crippen LogP contribution in [0.4, 0.5) is 0 Å². The van der Waals surface area contributed by atoms with Gasteiger partial charge < -0.3 is 26.8 Å².